The van der Waals surface area contributed by atoms with Gasteiger partial charge in [-0.3, -0.25) is 0 Å². The van der Waals surface area contributed by atoms with Crippen molar-refractivity contribution in [2.45, 2.75) is 0 Å². The Balaban J connectivity index is 1.55. The normalized spacial score (nSPS) is 13.9. The molecule has 44 heavy (non-hydrogen) atoms. The second-order valence-electron chi connectivity index (χ2n) is 11.2. The van der Waals surface area contributed by atoms with Gasteiger partial charge in [-0.05, 0) is 0 Å². The first-order chi connectivity index (χ1) is 21.5. The van der Waals surface area contributed by atoms with E-state index in [4.69, 9.17) is 22.5 Å². The molecule has 0 saturated carbocycles. The fourth-order valence-electron chi connectivity index (χ4n) is 6.50. The number of halogens is 2. The molecule has 0 aliphatic heterocycles. The van der Waals surface area contributed by atoms with Crippen molar-refractivity contribution < 1.29 is 0 Å². The Bertz CT molecular complexity index is 1490. The van der Waals surface area contributed by atoms with Gasteiger partial charge in [-0.15, -0.1) is 0 Å². The molecule has 0 nitrogen and oxygen atoms in total. The Morgan fingerprint density at radius 3 is 0.614 bits per heavy atom. The third-order valence-electron chi connectivity index (χ3n) is 8.83. The van der Waals surface area contributed by atoms with Gasteiger partial charge in [0.1, 0.15) is 0 Å². The minimum absolute atomic E-state index is 0.660. The molecular weight excluding hydrogens is 613 g/mol. The summed E-state index contributed by atoms with van der Waals surface area (Å²) in [6, 6.07) is 63.8. The van der Waals surface area contributed by atoms with Gasteiger partial charge >= 0.3 is 273 Å². The van der Waals surface area contributed by atoms with E-state index < -0.39 is 11.9 Å². The summed E-state index contributed by atoms with van der Waals surface area (Å²) in [6.07, 6.45) is 5.92. The summed E-state index contributed by atoms with van der Waals surface area (Å²) >= 11 is 16.7. The van der Waals surface area contributed by atoms with E-state index in [1.807, 2.05) is 0 Å². The Hall–Kier alpha value is -3.50. The van der Waals surface area contributed by atoms with Crippen LogP contribution in [-0.4, -0.2) is 12.3 Å². The summed E-state index contributed by atoms with van der Waals surface area (Å²) in [5, 5.41) is 6.92. The SMILES string of the molecule is ClP(CC=CCP(Cl)(c1ccccc1)(c1ccccc1)c1ccccc1)(c1ccccc1)(c1ccccc1)c1ccccc1. The molecule has 0 fully saturated rings. The predicted octanol–water partition coefficient (Wildman–Crippen LogP) is 8.91. The second kappa shape index (κ2) is 12.5. The van der Waals surface area contributed by atoms with E-state index in [1.165, 1.54) is 0 Å². The van der Waals surface area contributed by atoms with E-state index in [0.717, 1.165) is 31.8 Å². The molecular formula is C40H36Cl2P2. The van der Waals surface area contributed by atoms with Crippen LogP contribution < -0.4 is 31.8 Å². The van der Waals surface area contributed by atoms with Crippen LogP contribution in [0.1, 0.15) is 0 Å². The first kappa shape index (κ1) is 30.5. The molecule has 4 heteroatoms. The van der Waals surface area contributed by atoms with Crippen molar-refractivity contribution in [3.8, 4) is 0 Å². The summed E-state index contributed by atoms with van der Waals surface area (Å²) in [7, 11) is 0. The Labute approximate surface area is 271 Å². The predicted molar refractivity (Wildman–Crippen MR) is 201 cm³/mol. The number of rotatable bonds is 10. The van der Waals surface area contributed by atoms with Crippen molar-refractivity contribution in [1.29, 1.82) is 0 Å². The van der Waals surface area contributed by atoms with Crippen LogP contribution >= 0.6 is 34.4 Å². The standard InChI is InChI=1S/C40H36Cl2P2/c41-43(35-21-7-1-8-22-35,36-23-9-2-10-24-36,37-25-11-3-12-26-37)33-19-20-34-44(42,38-27-13-4-14-28-38,39-29-15-5-16-30-39)40-31-17-6-18-32-40/h1-32H,33-34H2. The first-order valence-electron chi connectivity index (χ1n) is 14.9. The molecule has 0 atom stereocenters. The van der Waals surface area contributed by atoms with Gasteiger partial charge in [0.25, 0.3) is 0 Å². The quantitative estimate of drug-likeness (QED) is 0.103. The fourth-order valence-corrected chi connectivity index (χ4v) is 17.9. The van der Waals surface area contributed by atoms with E-state index >= 15 is 0 Å². The molecule has 220 valence electrons. The molecule has 0 aliphatic carbocycles. The average Bonchev–Trinajstić information content (AvgIpc) is 3.12. The van der Waals surface area contributed by atoms with Gasteiger partial charge in [0.15, 0.2) is 0 Å². The van der Waals surface area contributed by atoms with Crippen LogP contribution in [0, 0.1) is 0 Å². The number of hydrogen-bond donors (Lipinski definition) is 0. The van der Waals surface area contributed by atoms with Gasteiger partial charge in [-0.25, -0.2) is 0 Å². The maximum atomic E-state index is 8.37. The van der Waals surface area contributed by atoms with E-state index in [9.17, 15) is 0 Å². The number of benzene rings is 6. The molecule has 0 amide bonds. The van der Waals surface area contributed by atoms with Crippen LogP contribution in [0.4, 0.5) is 0 Å². The zero-order valence-corrected chi connectivity index (χ0v) is 27.8. The molecule has 0 spiro atoms. The molecule has 0 heterocycles. The minimum atomic E-state index is -3.45. The van der Waals surface area contributed by atoms with Crippen molar-refractivity contribution in [2.24, 2.45) is 0 Å². The van der Waals surface area contributed by atoms with Gasteiger partial charge in [0.2, 0.25) is 0 Å². The summed E-state index contributed by atoms with van der Waals surface area (Å²) in [6.45, 7) is 0. The monoisotopic (exact) mass is 648 g/mol. The Kier molecular flexibility index (Phi) is 8.66. The van der Waals surface area contributed by atoms with Crippen LogP contribution in [0.25, 0.3) is 0 Å². The molecule has 0 N–H and O–H groups in total. The topological polar surface area (TPSA) is 0 Å². The first-order valence-corrected chi connectivity index (χ1v) is 21.6. The van der Waals surface area contributed by atoms with E-state index in [2.05, 4.69) is 194 Å². The van der Waals surface area contributed by atoms with Crippen LogP contribution in [-0.2, 0) is 0 Å². The second-order valence-corrected chi connectivity index (χ2v) is 24.3. The zero-order valence-electron chi connectivity index (χ0n) is 24.5. The summed E-state index contributed by atoms with van der Waals surface area (Å²) < 4.78 is 0. The van der Waals surface area contributed by atoms with Crippen LogP contribution in [0.2, 0.25) is 0 Å². The van der Waals surface area contributed by atoms with Crippen molar-refractivity contribution >= 4 is 66.2 Å². The van der Waals surface area contributed by atoms with Gasteiger partial charge in [-0.1, -0.05) is 0 Å². The molecule has 0 unspecified atom stereocenters. The Morgan fingerprint density at radius 2 is 0.455 bits per heavy atom. The molecule has 0 saturated heterocycles. The van der Waals surface area contributed by atoms with Gasteiger partial charge in [0.05, 0.1) is 0 Å². The molecule has 0 radical (unpaired) electrons. The van der Waals surface area contributed by atoms with Crippen molar-refractivity contribution in [1.82, 2.24) is 0 Å². The van der Waals surface area contributed by atoms with Crippen LogP contribution in [0.5, 0.6) is 0 Å². The van der Waals surface area contributed by atoms with E-state index in [0.29, 0.717) is 12.3 Å². The van der Waals surface area contributed by atoms with Crippen LogP contribution in [0.3, 0.4) is 0 Å². The van der Waals surface area contributed by atoms with E-state index in [-0.39, 0.29) is 0 Å². The third kappa shape index (κ3) is 5.05. The molecule has 6 aromatic rings. The Morgan fingerprint density at radius 1 is 0.295 bits per heavy atom. The summed E-state index contributed by atoms with van der Waals surface area (Å²) in [5.41, 5.74) is 0. The van der Waals surface area contributed by atoms with Crippen molar-refractivity contribution in [2.75, 3.05) is 12.3 Å². The van der Waals surface area contributed by atoms with Gasteiger partial charge in [-0.2, -0.15) is 0 Å². The molecule has 0 aliphatic rings. The number of allylic oxidation sites excluding steroid dienone is 2. The van der Waals surface area contributed by atoms with Crippen molar-refractivity contribution in [3.63, 3.8) is 0 Å². The third-order valence-corrected chi connectivity index (χ3v) is 23.2. The summed E-state index contributed by atoms with van der Waals surface area (Å²) in [5.74, 6) is -6.90. The molecule has 6 rings (SSSR count). The molecule has 0 aromatic heterocycles. The summed E-state index contributed by atoms with van der Waals surface area (Å²) in [4.78, 5) is 0. The number of hydrogen-bond acceptors (Lipinski definition) is 0. The fraction of sp³-hybridized carbons (Fsp3) is 0.0500. The maximum absolute atomic E-state index is 8.37. The van der Waals surface area contributed by atoms with Crippen LogP contribution in [0.15, 0.2) is 194 Å². The zero-order chi connectivity index (χ0) is 30.4. The molecule has 0 bridgehead atoms. The van der Waals surface area contributed by atoms with E-state index in [1.54, 1.807) is 0 Å². The van der Waals surface area contributed by atoms with Gasteiger partial charge in [0, 0.05) is 0 Å². The van der Waals surface area contributed by atoms with Crippen molar-refractivity contribution in [3.05, 3.63) is 194 Å². The molecule has 6 aromatic carbocycles. The average molecular weight is 650 g/mol. The van der Waals surface area contributed by atoms with Gasteiger partial charge < -0.3 is 0 Å².